The Bertz CT molecular complexity index is 1450. The lowest BCUT2D eigenvalue weighted by molar-refractivity contribution is -0.132. The molecule has 0 saturated heterocycles. The van der Waals surface area contributed by atoms with Gasteiger partial charge >= 0.3 is 0 Å². The van der Waals surface area contributed by atoms with Gasteiger partial charge in [-0.25, -0.2) is 0 Å². The molecule has 1 amide bonds. The number of methoxy groups -OCH3 is 1. The number of rotatable bonds is 6. The van der Waals surface area contributed by atoms with Gasteiger partial charge in [0.15, 0.2) is 5.76 Å². The highest BCUT2D eigenvalue weighted by Crippen LogP contribution is 2.36. The van der Waals surface area contributed by atoms with Crippen LogP contribution in [0.5, 0.6) is 11.5 Å². The number of carbonyl (C=O) groups is 1. The van der Waals surface area contributed by atoms with Crippen LogP contribution in [0.25, 0.3) is 10.9 Å². The van der Waals surface area contributed by atoms with Gasteiger partial charge in [0.2, 0.25) is 17.1 Å². The second-order valence-electron chi connectivity index (χ2n) is 8.77. The Kier molecular flexibility index (Phi) is 6.05. The summed E-state index contributed by atoms with van der Waals surface area (Å²) >= 11 is 0. The zero-order chi connectivity index (χ0) is 24.5. The number of aromatic nitrogens is 1. The fraction of sp³-hybridized carbons (Fsp3) is 0.259. The highest BCUT2D eigenvalue weighted by molar-refractivity contribution is 5.86. The fourth-order valence-corrected chi connectivity index (χ4v) is 4.82. The van der Waals surface area contributed by atoms with Gasteiger partial charge in [-0.1, -0.05) is 30.3 Å². The molecular weight excluding hydrogens is 448 g/mol. The third-order valence-electron chi connectivity index (χ3n) is 6.49. The lowest BCUT2D eigenvalue weighted by Crippen LogP contribution is -2.36. The zero-order valence-electron chi connectivity index (χ0n) is 19.3. The number of fused-ring (bicyclic) bond motifs is 3. The minimum Gasteiger partial charge on any atom is -0.508 e. The van der Waals surface area contributed by atoms with Crippen molar-refractivity contribution in [2.75, 3.05) is 13.7 Å². The van der Waals surface area contributed by atoms with Gasteiger partial charge in [0.25, 0.3) is 0 Å². The Morgan fingerprint density at radius 2 is 2.00 bits per heavy atom. The summed E-state index contributed by atoms with van der Waals surface area (Å²) in [5, 5.41) is 21.8. The normalized spacial score (nSPS) is 14.1. The van der Waals surface area contributed by atoms with E-state index >= 15 is 0 Å². The zero-order valence-corrected chi connectivity index (χ0v) is 19.3. The van der Waals surface area contributed by atoms with E-state index in [-0.39, 0.29) is 36.2 Å². The number of ether oxygens (including phenoxy) is 1. The molecule has 0 spiro atoms. The summed E-state index contributed by atoms with van der Waals surface area (Å²) in [6, 6.07) is 15.7. The number of hydrogen-bond acceptors (Lipinski definition) is 6. The molecule has 0 radical (unpaired) electrons. The second-order valence-corrected chi connectivity index (χ2v) is 8.77. The molecule has 5 rings (SSSR count). The van der Waals surface area contributed by atoms with Crippen LogP contribution in [0.4, 0.5) is 0 Å². The predicted octanol–water partition coefficient (Wildman–Crippen LogP) is 3.79. The molecule has 2 aromatic carbocycles. The number of amides is 1. The van der Waals surface area contributed by atoms with Gasteiger partial charge in [0.05, 0.1) is 12.5 Å². The molecule has 3 N–H and O–H groups in total. The maximum absolute atomic E-state index is 13.5. The number of phenols is 1. The van der Waals surface area contributed by atoms with Crippen molar-refractivity contribution in [1.82, 2.24) is 9.88 Å². The van der Waals surface area contributed by atoms with Crippen molar-refractivity contribution < 1.29 is 24.2 Å². The van der Waals surface area contributed by atoms with E-state index in [1.807, 2.05) is 18.2 Å². The molecule has 4 aromatic rings. The van der Waals surface area contributed by atoms with Crippen molar-refractivity contribution in [2.45, 2.75) is 31.9 Å². The van der Waals surface area contributed by atoms with Gasteiger partial charge in [-0.2, -0.15) is 0 Å². The molecule has 180 valence electrons. The van der Waals surface area contributed by atoms with Gasteiger partial charge in [-0.3, -0.25) is 9.59 Å². The molecule has 2 aromatic heterocycles. The smallest absolute Gasteiger partial charge is 0.227 e. The largest absolute Gasteiger partial charge is 0.508 e. The fourth-order valence-electron chi connectivity index (χ4n) is 4.82. The van der Waals surface area contributed by atoms with Gasteiger partial charge in [-0.05, 0) is 35.7 Å². The van der Waals surface area contributed by atoms with Crippen molar-refractivity contribution in [3.05, 3.63) is 93.2 Å². The molecule has 1 aliphatic heterocycles. The van der Waals surface area contributed by atoms with Crippen LogP contribution < -0.4 is 5.43 Å². The summed E-state index contributed by atoms with van der Waals surface area (Å²) in [5.41, 5.74) is 3.22. The molecule has 3 heterocycles. The summed E-state index contributed by atoms with van der Waals surface area (Å²) in [7, 11) is 1.47. The maximum atomic E-state index is 13.5. The van der Waals surface area contributed by atoms with Crippen LogP contribution in [0, 0.1) is 0 Å². The van der Waals surface area contributed by atoms with E-state index in [0.29, 0.717) is 18.7 Å². The summed E-state index contributed by atoms with van der Waals surface area (Å²) in [5.74, 6) is -1.25. The van der Waals surface area contributed by atoms with Crippen molar-refractivity contribution >= 4 is 16.8 Å². The Labute approximate surface area is 201 Å². The first-order chi connectivity index (χ1) is 16.9. The number of para-hydroxylation sites is 1. The Balaban J connectivity index is 1.48. The lowest BCUT2D eigenvalue weighted by Gasteiger charge is -2.29. The first-order valence-corrected chi connectivity index (χ1v) is 11.4. The third kappa shape index (κ3) is 4.40. The van der Waals surface area contributed by atoms with E-state index in [4.69, 9.17) is 9.15 Å². The SMILES string of the molecule is COCc1cc(=O)c(O)c(C(CC(=O)N2CCc3c([nH]c4ccccc34)C2)c2cccc(O)c2)o1. The van der Waals surface area contributed by atoms with Gasteiger partial charge in [-0.15, -0.1) is 0 Å². The predicted molar refractivity (Wildman–Crippen MR) is 129 cm³/mol. The molecule has 0 saturated carbocycles. The Morgan fingerprint density at radius 3 is 2.80 bits per heavy atom. The van der Waals surface area contributed by atoms with E-state index in [0.717, 1.165) is 17.6 Å². The van der Waals surface area contributed by atoms with Crippen LogP contribution in [0.1, 0.15) is 40.7 Å². The number of nitrogens with one attached hydrogen (secondary N) is 1. The van der Waals surface area contributed by atoms with E-state index in [1.54, 1.807) is 17.0 Å². The highest BCUT2D eigenvalue weighted by atomic mass is 16.5. The summed E-state index contributed by atoms with van der Waals surface area (Å²) in [6.45, 7) is 1.04. The Morgan fingerprint density at radius 1 is 1.17 bits per heavy atom. The molecule has 1 aliphatic rings. The quantitative estimate of drug-likeness (QED) is 0.392. The highest BCUT2D eigenvalue weighted by Gasteiger charge is 2.30. The van der Waals surface area contributed by atoms with Crippen LogP contribution in [-0.4, -0.2) is 39.7 Å². The van der Waals surface area contributed by atoms with Crippen molar-refractivity contribution in [2.24, 2.45) is 0 Å². The van der Waals surface area contributed by atoms with Crippen LogP contribution in [0.15, 0.2) is 63.8 Å². The average molecular weight is 475 g/mol. The minimum atomic E-state index is -0.775. The van der Waals surface area contributed by atoms with Crippen molar-refractivity contribution in [1.29, 1.82) is 0 Å². The Hall–Kier alpha value is -4.04. The summed E-state index contributed by atoms with van der Waals surface area (Å²) < 4.78 is 10.9. The molecule has 0 bridgehead atoms. The van der Waals surface area contributed by atoms with Gasteiger partial charge in [0.1, 0.15) is 18.1 Å². The van der Waals surface area contributed by atoms with Crippen LogP contribution in [0.3, 0.4) is 0 Å². The van der Waals surface area contributed by atoms with Crippen LogP contribution in [0.2, 0.25) is 0 Å². The topological polar surface area (TPSA) is 116 Å². The van der Waals surface area contributed by atoms with Crippen LogP contribution in [-0.2, 0) is 29.1 Å². The third-order valence-corrected chi connectivity index (χ3v) is 6.49. The molecule has 1 atom stereocenters. The van der Waals surface area contributed by atoms with Gasteiger partial charge in [0, 0.05) is 42.7 Å². The molecule has 8 nitrogen and oxygen atoms in total. The summed E-state index contributed by atoms with van der Waals surface area (Å²) in [6.07, 6.45) is 0.678. The number of nitrogens with zero attached hydrogens (tertiary/aromatic N) is 1. The summed E-state index contributed by atoms with van der Waals surface area (Å²) in [4.78, 5) is 31.1. The lowest BCUT2D eigenvalue weighted by atomic mass is 9.91. The second kappa shape index (κ2) is 9.31. The molecule has 35 heavy (non-hydrogen) atoms. The number of aromatic amines is 1. The average Bonchev–Trinajstić information content (AvgIpc) is 3.23. The number of carbonyl (C=O) groups excluding carboxylic acids is 1. The van der Waals surface area contributed by atoms with E-state index in [2.05, 4.69) is 11.1 Å². The maximum Gasteiger partial charge on any atom is 0.227 e. The first-order valence-electron chi connectivity index (χ1n) is 11.4. The molecule has 0 aliphatic carbocycles. The number of phenolic OH excluding ortho intramolecular Hbond substituents is 1. The molecule has 0 fully saturated rings. The number of aromatic hydroxyl groups is 2. The standard InChI is InChI=1S/C27H26N2O6/c1-34-15-18-12-24(31)26(33)27(35-18)21(16-5-4-6-17(30)11-16)13-25(32)29-10-9-20-19-7-2-3-8-22(19)28-23(20)14-29/h2-8,11-12,21,28,30,33H,9-10,13-15H2,1H3. The monoisotopic (exact) mass is 474 g/mol. The molecular formula is C27H26N2O6. The van der Waals surface area contributed by atoms with Crippen molar-refractivity contribution in [3.63, 3.8) is 0 Å². The van der Waals surface area contributed by atoms with E-state index < -0.39 is 17.1 Å². The van der Waals surface area contributed by atoms with E-state index in [9.17, 15) is 19.8 Å². The van der Waals surface area contributed by atoms with Gasteiger partial charge < -0.3 is 29.3 Å². The number of hydrogen-bond donors (Lipinski definition) is 3. The molecule has 1 unspecified atom stereocenters. The minimum absolute atomic E-state index is 0.00974. The first kappa shape index (κ1) is 22.7. The number of H-pyrrole nitrogens is 1. The molecule has 8 heteroatoms. The van der Waals surface area contributed by atoms with E-state index in [1.165, 1.54) is 36.3 Å². The number of benzene rings is 2. The van der Waals surface area contributed by atoms with Crippen molar-refractivity contribution in [3.8, 4) is 11.5 Å². The van der Waals surface area contributed by atoms with Crippen LogP contribution >= 0.6 is 0 Å².